The van der Waals surface area contributed by atoms with Crippen molar-refractivity contribution < 1.29 is 38.1 Å². The quantitative estimate of drug-likeness (QED) is 0.330. The van der Waals surface area contributed by atoms with Gasteiger partial charge in [0.15, 0.2) is 12.2 Å². The summed E-state index contributed by atoms with van der Waals surface area (Å²) >= 11 is 0. The summed E-state index contributed by atoms with van der Waals surface area (Å²) in [4.78, 5) is 46.6. The van der Waals surface area contributed by atoms with Crippen LogP contribution < -0.4 is 0 Å². The average Bonchev–Trinajstić information content (AvgIpc) is 2.56. The molecule has 2 atom stereocenters. The fourth-order valence-corrected chi connectivity index (χ4v) is 1.43. The van der Waals surface area contributed by atoms with Crippen molar-refractivity contribution in [2.75, 3.05) is 13.2 Å². The fraction of sp³-hybridized carbons (Fsp3) is 0.647. The summed E-state index contributed by atoms with van der Waals surface area (Å²) in [5.74, 6) is -3.09. The van der Waals surface area contributed by atoms with Crippen molar-refractivity contribution in [3.05, 3.63) is 11.6 Å². The lowest BCUT2D eigenvalue weighted by Gasteiger charge is -2.13. The van der Waals surface area contributed by atoms with Crippen LogP contribution in [0.1, 0.15) is 47.5 Å². The Labute approximate surface area is 147 Å². The first-order valence-corrected chi connectivity index (χ1v) is 8.16. The Morgan fingerprint density at radius 2 is 1.28 bits per heavy atom. The summed E-state index contributed by atoms with van der Waals surface area (Å²) in [6.07, 6.45) is -0.00851. The smallest absolute Gasteiger partial charge is 0.347 e. The van der Waals surface area contributed by atoms with Crippen LogP contribution in [0.4, 0.5) is 0 Å². The van der Waals surface area contributed by atoms with E-state index in [9.17, 15) is 19.2 Å². The number of hydrogen-bond donors (Lipinski definition) is 0. The van der Waals surface area contributed by atoms with Crippen molar-refractivity contribution in [2.24, 2.45) is 0 Å². The summed E-state index contributed by atoms with van der Waals surface area (Å²) in [6.45, 7) is 8.19. The van der Waals surface area contributed by atoms with Gasteiger partial charge in [-0.3, -0.25) is 0 Å². The lowest BCUT2D eigenvalue weighted by atomic mass is 10.3. The summed E-state index contributed by atoms with van der Waals surface area (Å²) in [6, 6.07) is 0. The first kappa shape index (κ1) is 22.6. The van der Waals surface area contributed by atoms with Crippen molar-refractivity contribution in [1.82, 2.24) is 0 Å². The highest BCUT2D eigenvalue weighted by molar-refractivity contribution is 5.97. The van der Waals surface area contributed by atoms with Gasteiger partial charge in [-0.1, -0.05) is 13.8 Å². The number of hydrogen-bond acceptors (Lipinski definition) is 8. The molecule has 8 nitrogen and oxygen atoms in total. The monoisotopic (exact) mass is 358 g/mol. The zero-order chi connectivity index (χ0) is 19.4. The molecule has 0 bridgehead atoms. The molecule has 2 unspecified atom stereocenters. The molecule has 0 heterocycles. The Morgan fingerprint density at radius 3 is 1.72 bits per heavy atom. The Morgan fingerprint density at radius 1 is 0.840 bits per heavy atom. The average molecular weight is 358 g/mol. The van der Waals surface area contributed by atoms with Crippen molar-refractivity contribution in [3.8, 4) is 0 Å². The van der Waals surface area contributed by atoms with E-state index in [0.717, 1.165) is 6.08 Å². The molecule has 0 N–H and O–H groups in total. The molecule has 0 aliphatic carbocycles. The first-order valence-electron chi connectivity index (χ1n) is 8.16. The van der Waals surface area contributed by atoms with E-state index in [0.29, 0.717) is 12.8 Å². The second-order valence-electron chi connectivity index (χ2n) is 5.29. The third-order valence-corrected chi connectivity index (χ3v) is 2.79. The molecule has 0 radical (unpaired) electrons. The van der Waals surface area contributed by atoms with Crippen LogP contribution in [-0.4, -0.2) is 49.3 Å². The van der Waals surface area contributed by atoms with Gasteiger partial charge in [-0.05, 0) is 33.6 Å². The van der Waals surface area contributed by atoms with Crippen molar-refractivity contribution >= 4 is 23.9 Å². The molecule has 25 heavy (non-hydrogen) atoms. The van der Waals surface area contributed by atoms with Gasteiger partial charge in [0.1, 0.15) is 0 Å². The minimum absolute atomic E-state index is 0.0748. The van der Waals surface area contributed by atoms with Crippen LogP contribution in [0.3, 0.4) is 0 Å². The van der Waals surface area contributed by atoms with Crippen LogP contribution in [0, 0.1) is 0 Å². The van der Waals surface area contributed by atoms with Gasteiger partial charge in [0.2, 0.25) is 0 Å². The molecule has 0 rings (SSSR count). The van der Waals surface area contributed by atoms with Crippen LogP contribution in [0.2, 0.25) is 0 Å². The SMILES string of the molecule is CCCOC(=O)C(C)OC(=O)/C=C(/C)C(=O)OC(C)C(=O)OCCC. The molecule has 0 saturated heterocycles. The highest BCUT2D eigenvalue weighted by Gasteiger charge is 2.22. The van der Waals surface area contributed by atoms with Crippen LogP contribution in [0.15, 0.2) is 11.6 Å². The maximum absolute atomic E-state index is 11.8. The lowest BCUT2D eigenvalue weighted by molar-refractivity contribution is -0.165. The third kappa shape index (κ3) is 9.49. The maximum atomic E-state index is 11.8. The molecule has 0 aromatic rings. The van der Waals surface area contributed by atoms with Crippen molar-refractivity contribution in [3.63, 3.8) is 0 Å². The van der Waals surface area contributed by atoms with Gasteiger partial charge in [-0.2, -0.15) is 0 Å². The maximum Gasteiger partial charge on any atom is 0.347 e. The molecule has 142 valence electrons. The first-order chi connectivity index (χ1) is 11.7. The van der Waals surface area contributed by atoms with Crippen LogP contribution in [-0.2, 0) is 38.1 Å². The molecule has 0 saturated carbocycles. The topological polar surface area (TPSA) is 105 Å². The number of ether oxygens (including phenoxy) is 4. The highest BCUT2D eigenvalue weighted by Crippen LogP contribution is 2.05. The Kier molecular flexibility index (Phi) is 10.9. The van der Waals surface area contributed by atoms with Crippen molar-refractivity contribution in [2.45, 2.75) is 59.7 Å². The Bertz CT molecular complexity index is 509. The summed E-state index contributed by atoms with van der Waals surface area (Å²) in [7, 11) is 0. The summed E-state index contributed by atoms with van der Waals surface area (Å²) < 4.78 is 19.4. The van der Waals surface area contributed by atoms with E-state index >= 15 is 0 Å². The molecule has 0 aliphatic heterocycles. The van der Waals surface area contributed by atoms with E-state index in [1.165, 1.54) is 20.8 Å². The van der Waals surface area contributed by atoms with Gasteiger partial charge >= 0.3 is 23.9 Å². The molecule has 0 amide bonds. The van der Waals surface area contributed by atoms with E-state index in [2.05, 4.69) is 0 Å². The molecular weight excluding hydrogens is 332 g/mol. The number of rotatable bonds is 10. The minimum atomic E-state index is -1.10. The number of esters is 4. The van der Waals surface area contributed by atoms with E-state index in [-0.39, 0.29) is 18.8 Å². The van der Waals surface area contributed by atoms with E-state index in [1.54, 1.807) is 0 Å². The largest absolute Gasteiger partial charge is 0.463 e. The second-order valence-corrected chi connectivity index (χ2v) is 5.29. The summed E-state index contributed by atoms with van der Waals surface area (Å²) in [5.41, 5.74) is -0.0748. The minimum Gasteiger partial charge on any atom is -0.463 e. The van der Waals surface area contributed by atoms with Crippen molar-refractivity contribution in [1.29, 1.82) is 0 Å². The summed E-state index contributed by atoms with van der Waals surface area (Å²) in [5, 5.41) is 0. The Hall–Kier alpha value is -2.38. The third-order valence-electron chi connectivity index (χ3n) is 2.79. The lowest BCUT2D eigenvalue weighted by Crippen LogP contribution is -2.28. The molecular formula is C17H26O8. The van der Waals surface area contributed by atoms with Gasteiger partial charge in [0.05, 0.1) is 13.2 Å². The molecule has 0 fully saturated rings. The number of carbonyl (C=O) groups excluding carboxylic acids is 4. The standard InChI is InChI=1S/C17H26O8/c1-6-8-22-16(20)12(4)24-14(18)10-11(3)15(19)25-13(5)17(21)23-9-7-2/h10,12-13H,6-9H2,1-5H3/b11-10-. The molecule has 0 aromatic carbocycles. The fourth-order valence-electron chi connectivity index (χ4n) is 1.43. The van der Waals surface area contributed by atoms with E-state index in [1.807, 2.05) is 13.8 Å². The van der Waals surface area contributed by atoms with Gasteiger partial charge in [0, 0.05) is 11.6 Å². The number of carbonyl (C=O) groups is 4. The zero-order valence-corrected chi connectivity index (χ0v) is 15.3. The van der Waals surface area contributed by atoms with Gasteiger partial charge in [-0.25, -0.2) is 19.2 Å². The normalized spacial score (nSPS) is 13.4. The van der Waals surface area contributed by atoms with Gasteiger partial charge < -0.3 is 18.9 Å². The van der Waals surface area contributed by atoms with Crippen LogP contribution in [0.5, 0.6) is 0 Å². The molecule has 8 heteroatoms. The molecule has 0 spiro atoms. The Balaban J connectivity index is 4.53. The van der Waals surface area contributed by atoms with Crippen LogP contribution >= 0.6 is 0 Å². The predicted molar refractivity (Wildman–Crippen MR) is 87.4 cm³/mol. The van der Waals surface area contributed by atoms with Gasteiger partial charge in [-0.15, -0.1) is 0 Å². The second kappa shape index (κ2) is 12.0. The highest BCUT2D eigenvalue weighted by atomic mass is 16.6. The van der Waals surface area contributed by atoms with E-state index < -0.39 is 36.1 Å². The molecule has 0 aromatic heterocycles. The molecule has 0 aliphatic rings. The zero-order valence-electron chi connectivity index (χ0n) is 15.3. The predicted octanol–water partition coefficient (Wildman–Crippen LogP) is 1.70. The van der Waals surface area contributed by atoms with Crippen LogP contribution in [0.25, 0.3) is 0 Å². The van der Waals surface area contributed by atoms with E-state index in [4.69, 9.17) is 18.9 Å². The van der Waals surface area contributed by atoms with Gasteiger partial charge in [0.25, 0.3) is 0 Å².